The fourth-order valence-electron chi connectivity index (χ4n) is 3.29. The minimum absolute atomic E-state index is 0.191. The van der Waals surface area contributed by atoms with E-state index in [1.54, 1.807) is 25.1 Å². The molecule has 5 nitrogen and oxygen atoms in total. The van der Waals surface area contributed by atoms with E-state index in [9.17, 15) is 31.5 Å². The van der Waals surface area contributed by atoms with Crippen LogP contribution in [0.3, 0.4) is 0 Å². The maximum absolute atomic E-state index is 13.5. The number of alkyl halides is 5. The molecule has 0 radical (unpaired) electrons. The van der Waals surface area contributed by atoms with Gasteiger partial charge in [-0.25, -0.2) is 9.58 Å². The van der Waals surface area contributed by atoms with Crippen molar-refractivity contribution in [2.45, 2.75) is 19.0 Å². The summed E-state index contributed by atoms with van der Waals surface area (Å²) in [4.78, 5) is 26.6. The summed E-state index contributed by atoms with van der Waals surface area (Å²) in [5, 5.41) is 3.60. The van der Waals surface area contributed by atoms with E-state index in [-0.39, 0.29) is 16.9 Å². The second-order valence-electron chi connectivity index (χ2n) is 6.82. The van der Waals surface area contributed by atoms with Crippen LogP contribution in [0, 0.1) is 10.5 Å². The first kappa shape index (κ1) is 21.4. The fraction of sp³-hybridized carbons (Fsp3) is 0.150. The largest absolute Gasteiger partial charge is 0.458 e. The number of benzene rings is 2. The van der Waals surface area contributed by atoms with Gasteiger partial charge in [-0.3, -0.25) is 9.59 Å². The average Bonchev–Trinajstić information content (AvgIpc) is 3.27. The molecule has 0 spiro atoms. The molecule has 31 heavy (non-hydrogen) atoms. The van der Waals surface area contributed by atoms with Crippen molar-refractivity contribution in [2.24, 2.45) is 0 Å². The summed E-state index contributed by atoms with van der Waals surface area (Å²) in [6.07, 6.45) is -4.71. The van der Waals surface area contributed by atoms with Crippen LogP contribution in [-0.2, 0) is 5.92 Å². The maximum Gasteiger partial charge on any atom is 0.458 e. The second-order valence-corrected chi connectivity index (χ2v) is 7.99. The molecular formula is C20H11F5IN3O2. The Morgan fingerprint density at radius 1 is 1.00 bits per heavy atom. The zero-order chi connectivity index (χ0) is 22.7. The molecule has 0 saturated heterocycles. The molecule has 0 bridgehead atoms. The van der Waals surface area contributed by atoms with Crippen LogP contribution in [-0.4, -0.2) is 27.8 Å². The van der Waals surface area contributed by atoms with E-state index in [2.05, 4.69) is 5.10 Å². The molecule has 0 fully saturated rings. The van der Waals surface area contributed by atoms with Crippen LogP contribution in [0.15, 0.2) is 48.8 Å². The zero-order valence-electron chi connectivity index (χ0n) is 15.5. The molecule has 0 saturated carbocycles. The van der Waals surface area contributed by atoms with Gasteiger partial charge in [0.15, 0.2) is 0 Å². The van der Waals surface area contributed by atoms with Crippen molar-refractivity contribution in [2.75, 3.05) is 4.90 Å². The van der Waals surface area contributed by atoms with Gasteiger partial charge in [0.2, 0.25) is 0 Å². The van der Waals surface area contributed by atoms with Crippen LogP contribution in [0.4, 0.5) is 27.6 Å². The van der Waals surface area contributed by atoms with Gasteiger partial charge in [0.1, 0.15) is 0 Å². The highest BCUT2D eigenvalue weighted by molar-refractivity contribution is 14.1. The first-order valence-corrected chi connectivity index (χ1v) is 9.79. The van der Waals surface area contributed by atoms with E-state index in [0.717, 1.165) is 9.58 Å². The lowest BCUT2D eigenvalue weighted by atomic mass is 10.1. The molecule has 1 aromatic heterocycles. The van der Waals surface area contributed by atoms with Crippen molar-refractivity contribution in [3.05, 3.63) is 74.6 Å². The lowest BCUT2D eigenvalue weighted by molar-refractivity contribution is -0.289. The van der Waals surface area contributed by atoms with Crippen LogP contribution in [0.2, 0.25) is 0 Å². The van der Waals surface area contributed by atoms with Gasteiger partial charge in [0.05, 0.1) is 34.3 Å². The van der Waals surface area contributed by atoms with Crippen molar-refractivity contribution in [1.82, 2.24) is 9.78 Å². The molecule has 2 heterocycles. The number of carbonyl (C=O) groups is 2. The molecule has 4 rings (SSSR count). The summed E-state index contributed by atoms with van der Waals surface area (Å²) in [5.41, 5.74) is 0.169. The van der Waals surface area contributed by atoms with Gasteiger partial charge in [-0.05, 0) is 65.4 Å². The van der Waals surface area contributed by atoms with E-state index >= 15 is 0 Å². The summed E-state index contributed by atoms with van der Waals surface area (Å²) in [5.74, 6) is -6.04. The van der Waals surface area contributed by atoms with Crippen molar-refractivity contribution in [1.29, 1.82) is 0 Å². The number of rotatable bonds is 3. The minimum atomic E-state index is -5.75. The Kier molecular flexibility index (Phi) is 4.91. The number of anilines is 1. The maximum atomic E-state index is 13.5. The standard InChI is InChI=1S/C20H11F5IN3O2/c1-10-7-12(28-9-11(8-27-28)19(21,22)20(23,24)25)5-6-15(10)29-17(30)13-3-2-4-14(26)16(13)18(29)31/h2-9H,1H3. The zero-order valence-corrected chi connectivity index (χ0v) is 17.7. The van der Waals surface area contributed by atoms with Crippen LogP contribution in [0.5, 0.6) is 0 Å². The third-order valence-corrected chi connectivity index (χ3v) is 5.75. The summed E-state index contributed by atoms with van der Waals surface area (Å²) in [7, 11) is 0. The van der Waals surface area contributed by atoms with Gasteiger partial charge in [0.25, 0.3) is 11.8 Å². The van der Waals surface area contributed by atoms with Crippen molar-refractivity contribution in [3.8, 4) is 5.69 Å². The third-order valence-electron chi connectivity index (χ3n) is 4.85. The topological polar surface area (TPSA) is 55.2 Å². The van der Waals surface area contributed by atoms with Gasteiger partial charge < -0.3 is 0 Å². The first-order chi connectivity index (χ1) is 14.4. The Bertz CT molecular complexity index is 1240. The minimum Gasteiger partial charge on any atom is -0.268 e. The van der Waals surface area contributed by atoms with Crippen LogP contribution in [0.25, 0.3) is 5.69 Å². The summed E-state index contributed by atoms with van der Waals surface area (Å²) in [6.45, 7) is 1.59. The molecule has 11 heteroatoms. The molecule has 2 aromatic carbocycles. The monoisotopic (exact) mass is 547 g/mol. The van der Waals surface area contributed by atoms with Crippen LogP contribution in [0.1, 0.15) is 31.8 Å². The Morgan fingerprint density at radius 3 is 2.32 bits per heavy atom. The van der Waals surface area contributed by atoms with Crippen LogP contribution >= 0.6 is 22.6 Å². The van der Waals surface area contributed by atoms with Crippen molar-refractivity contribution >= 4 is 40.1 Å². The Labute approximate surface area is 185 Å². The molecule has 1 aliphatic rings. The molecule has 0 atom stereocenters. The van der Waals surface area contributed by atoms with E-state index in [4.69, 9.17) is 0 Å². The van der Waals surface area contributed by atoms with Gasteiger partial charge in [-0.1, -0.05) is 6.07 Å². The predicted octanol–water partition coefficient (Wildman–Crippen LogP) is 5.24. The lowest BCUT2D eigenvalue weighted by Gasteiger charge is -2.18. The molecule has 0 unspecified atom stereocenters. The Hall–Kier alpha value is -2.83. The quantitative estimate of drug-likeness (QED) is 0.256. The lowest BCUT2D eigenvalue weighted by Crippen LogP contribution is -2.33. The summed E-state index contributed by atoms with van der Waals surface area (Å²) >= 11 is 1.96. The summed E-state index contributed by atoms with van der Waals surface area (Å²) < 4.78 is 66.3. The number of halogens is 6. The summed E-state index contributed by atoms with van der Waals surface area (Å²) in [6, 6.07) is 9.15. The number of amides is 2. The van der Waals surface area contributed by atoms with Gasteiger partial charge >= 0.3 is 12.1 Å². The number of fused-ring (bicyclic) bond motifs is 1. The van der Waals surface area contributed by atoms with E-state index < -0.39 is 29.5 Å². The number of hydrogen-bond acceptors (Lipinski definition) is 3. The van der Waals surface area contributed by atoms with Gasteiger partial charge in [0, 0.05) is 9.77 Å². The highest BCUT2D eigenvalue weighted by atomic mass is 127. The third kappa shape index (κ3) is 3.30. The molecular weight excluding hydrogens is 536 g/mol. The normalized spacial score (nSPS) is 14.4. The fourth-order valence-corrected chi connectivity index (χ4v) is 4.01. The number of imide groups is 1. The van der Waals surface area contributed by atoms with E-state index in [1.165, 1.54) is 18.2 Å². The van der Waals surface area contributed by atoms with Crippen molar-refractivity contribution in [3.63, 3.8) is 0 Å². The van der Waals surface area contributed by atoms with E-state index in [0.29, 0.717) is 27.1 Å². The number of aryl methyl sites for hydroxylation is 1. The van der Waals surface area contributed by atoms with Crippen LogP contribution < -0.4 is 4.90 Å². The Morgan fingerprint density at radius 2 is 1.71 bits per heavy atom. The number of aromatic nitrogens is 2. The first-order valence-electron chi connectivity index (χ1n) is 8.71. The van der Waals surface area contributed by atoms with Gasteiger partial charge in [-0.15, -0.1) is 0 Å². The molecule has 0 aliphatic carbocycles. The smallest absolute Gasteiger partial charge is 0.268 e. The average molecular weight is 547 g/mol. The molecule has 1 aliphatic heterocycles. The SMILES string of the molecule is Cc1cc(-n2cc(C(F)(F)C(F)(F)F)cn2)ccc1N1C(=O)c2cccc(I)c2C1=O. The second kappa shape index (κ2) is 7.11. The van der Waals surface area contributed by atoms with Crippen molar-refractivity contribution < 1.29 is 31.5 Å². The molecule has 160 valence electrons. The highest BCUT2D eigenvalue weighted by Gasteiger charge is 2.59. The predicted molar refractivity (Wildman–Crippen MR) is 109 cm³/mol. The molecule has 2 amide bonds. The highest BCUT2D eigenvalue weighted by Crippen LogP contribution is 2.43. The number of carbonyl (C=O) groups excluding carboxylic acids is 2. The Balaban J connectivity index is 1.69. The molecule has 0 N–H and O–H groups in total. The van der Waals surface area contributed by atoms with Gasteiger partial charge in [-0.2, -0.15) is 27.1 Å². The van der Waals surface area contributed by atoms with E-state index in [1.807, 2.05) is 22.6 Å². The number of hydrogen-bond donors (Lipinski definition) is 0. The molecule has 3 aromatic rings. The number of nitrogens with zero attached hydrogens (tertiary/aromatic N) is 3.